The lowest BCUT2D eigenvalue weighted by atomic mass is 10.2. The van der Waals surface area contributed by atoms with Gasteiger partial charge in [0.1, 0.15) is 22.1 Å². The summed E-state index contributed by atoms with van der Waals surface area (Å²) in [6.07, 6.45) is 0. The highest BCUT2D eigenvalue weighted by Crippen LogP contribution is 2.32. The number of urea groups is 1. The number of nitrogens with zero attached hydrogens (tertiary/aromatic N) is 4. The van der Waals surface area contributed by atoms with Gasteiger partial charge in [0, 0.05) is 19.2 Å². The Morgan fingerprint density at radius 1 is 1.32 bits per heavy atom. The van der Waals surface area contributed by atoms with Crippen molar-refractivity contribution in [3.05, 3.63) is 63.7 Å². The van der Waals surface area contributed by atoms with Crippen LogP contribution in [0.25, 0.3) is 0 Å². The molecule has 3 aromatic rings. The number of aryl methyl sites for hydroxylation is 2. The molecule has 0 saturated carbocycles. The Morgan fingerprint density at radius 3 is 2.74 bits per heavy atom. The first-order valence-electron chi connectivity index (χ1n) is 9.82. The SMILES string of the molecule is Cc1cc(CNC(=O)c2sc(N3C(=O)N(Cc4ccc(F)cc4)C[C@@H]3C)nc2C)no1. The lowest BCUT2D eigenvalue weighted by molar-refractivity contribution is 0.0953. The topological polar surface area (TPSA) is 91.6 Å². The maximum atomic E-state index is 13.1. The lowest BCUT2D eigenvalue weighted by Gasteiger charge is -2.17. The molecule has 8 nitrogen and oxygen atoms in total. The van der Waals surface area contributed by atoms with Gasteiger partial charge in [0.15, 0.2) is 5.13 Å². The van der Waals surface area contributed by atoms with Gasteiger partial charge in [-0.2, -0.15) is 0 Å². The Balaban J connectivity index is 1.45. The number of halogens is 1. The maximum Gasteiger partial charge on any atom is 0.326 e. The third-order valence-electron chi connectivity index (χ3n) is 4.99. The normalized spacial score (nSPS) is 16.3. The van der Waals surface area contributed by atoms with Crippen LogP contribution in [0.4, 0.5) is 14.3 Å². The average Bonchev–Trinajstić information content (AvgIpc) is 3.39. The molecule has 1 atom stereocenters. The fraction of sp³-hybridized carbons (Fsp3) is 0.333. The first-order chi connectivity index (χ1) is 14.8. The van der Waals surface area contributed by atoms with E-state index >= 15 is 0 Å². The van der Waals surface area contributed by atoms with E-state index in [-0.39, 0.29) is 30.3 Å². The second-order valence-corrected chi connectivity index (χ2v) is 8.51. The number of carbonyl (C=O) groups is 2. The molecule has 0 aliphatic carbocycles. The minimum absolute atomic E-state index is 0.104. The zero-order chi connectivity index (χ0) is 22.1. The molecule has 1 saturated heterocycles. The second kappa shape index (κ2) is 8.46. The van der Waals surface area contributed by atoms with Gasteiger partial charge >= 0.3 is 6.03 Å². The third kappa shape index (κ3) is 4.43. The molecule has 162 valence electrons. The Bertz CT molecular complexity index is 1110. The van der Waals surface area contributed by atoms with E-state index in [4.69, 9.17) is 4.52 Å². The van der Waals surface area contributed by atoms with Gasteiger partial charge in [-0.05, 0) is 38.5 Å². The highest BCUT2D eigenvalue weighted by Gasteiger charge is 2.38. The van der Waals surface area contributed by atoms with Crippen molar-refractivity contribution in [2.75, 3.05) is 11.4 Å². The smallest absolute Gasteiger partial charge is 0.326 e. The number of benzene rings is 1. The van der Waals surface area contributed by atoms with E-state index < -0.39 is 0 Å². The van der Waals surface area contributed by atoms with E-state index in [0.717, 1.165) is 5.56 Å². The van der Waals surface area contributed by atoms with Crippen molar-refractivity contribution in [1.82, 2.24) is 20.4 Å². The van der Waals surface area contributed by atoms with Crippen molar-refractivity contribution in [3.8, 4) is 0 Å². The predicted octanol–water partition coefficient (Wildman–Crippen LogP) is 3.65. The first-order valence-corrected chi connectivity index (χ1v) is 10.6. The second-order valence-electron chi connectivity index (χ2n) is 7.53. The predicted molar refractivity (Wildman–Crippen MR) is 113 cm³/mol. The summed E-state index contributed by atoms with van der Waals surface area (Å²) in [6.45, 7) is 6.61. The molecule has 0 bridgehead atoms. The summed E-state index contributed by atoms with van der Waals surface area (Å²) in [7, 11) is 0. The Labute approximate surface area is 182 Å². The summed E-state index contributed by atoms with van der Waals surface area (Å²) in [6, 6.07) is 7.57. The number of hydrogen-bond acceptors (Lipinski definition) is 6. The van der Waals surface area contributed by atoms with Gasteiger partial charge in [-0.1, -0.05) is 28.6 Å². The number of nitrogens with one attached hydrogen (secondary N) is 1. The molecular formula is C21H22FN5O3S. The van der Waals surface area contributed by atoms with Crippen LogP contribution >= 0.6 is 11.3 Å². The average molecular weight is 444 g/mol. The number of hydrogen-bond donors (Lipinski definition) is 1. The van der Waals surface area contributed by atoms with Crippen molar-refractivity contribution < 1.29 is 18.5 Å². The standard InChI is InChI=1S/C21H22FN5O3S/c1-12-10-26(11-15-4-6-16(22)7-5-15)21(29)27(12)20-24-14(3)18(31-20)19(28)23-9-17-8-13(2)30-25-17/h4-8,12H,9-11H2,1-3H3,(H,23,28)/t12-/m0/s1. The van der Waals surface area contributed by atoms with Crippen LogP contribution in [0, 0.1) is 19.7 Å². The highest BCUT2D eigenvalue weighted by molar-refractivity contribution is 7.17. The molecule has 2 aromatic heterocycles. The zero-order valence-corrected chi connectivity index (χ0v) is 18.2. The molecule has 1 fully saturated rings. The monoisotopic (exact) mass is 443 g/mol. The summed E-state index contributed by atoms with van der Waals surface area (Å²) >= 11 is 1.18. The van der Waals surface area contributed by atoms with E-state index in [9.17, 15) is 14.0 Å². The van der Waals surface area contributed by atoms with E-state index in [1.165, 1.54) is 23.5 Å². The van der Waals surface area contributed by atoms with E-state index in [0.29, 0.717) is 40.2 Å². The fourth-order valence-electron chi connectivity index (χ4n) is 3.48. The largest absolute Gasteiger partial charge is 0.361 e. The molecular weight excluding hydrogens is 421 g/mol. The molecule has 0 spiro atoms. The first kappa shape index (κ1) is 21.0. The lowest BCUT2D eigenvalue weighted by Crippen LogP contribution is -2.33. The number of aromatic nitrogens is 2. The van der Waals surface area contributed by atoms with E-state index in [1.807, 2.05) is 6.92 Å². The van der Waals surface area contributed by atoms with Crippen molar-refractivity contribution in [2.24, 2.45) is 0 Å². The summed E-state index contributed by atoms with van der Waals surface area (Å²) < 4.78 is 18.1. The molecule has 1 aliphatic rings. The third-order valence-corrected chi connectivity index (χ3v) is 6.15. The Hall–Kier alpha value is -3.27. The van der Waals surface area contributed by atoms with Gasteiger partial charge in [0.05, 0.1) is 18.3 Å². The fourth-order valence-corrected chi connectivity index (χ4v) is 4.56. The van der Waals surface area contributed by atoms with Gasteiger partial charge in [-0.3, -0.25) is 9.69 Å². The Kier molecular flexibility index (Phi) is 5.73. The minimum Gasteiger partial charge on any atom is -0.361 e. The van der Waals surface area contributed by atoms with Crippen LogP contribution in [-0.2, 0) is 13.1 Å². The highest BCUT2D eigenvalue weighted by atomic mass is 32.1. The summed E-state index contributed by atoms with van der Waals surface area (Å²) in [5.41, 5.74) is 2.04. The summed E-state index contributed by atoms with van der Waals surface area (Å²) in [5, 5.41) is 7.15. The summed E-state index contributed by atoms with van der Waals surface area (Å²) in [4.78, 5) is 33.9. The molecule has 4 rings (SSSR count). The van der Waals surface area contributed by atoms with E-state index in [1.54, 1.807) is 41.8 Å². The maximum absolute atomic E-state index is 13.1. The molecule has 10 heteroatoms. The van der Waals surface area contributed by atoms with Crippen LogP contribution in [0.5, 0.6) is 0 Å². The van der Waals surface area contributed by atoms with Crippen molar-refractivity contribution in [1.29, 1.82) is 0 Å². The van der Waals surface area contributed by atoms with Crippen LogP contribution in [0.3, 0.4) is 0 Å². The van der Waals surface area contributed by atoms with Crippen molar-refractivity contribution in [2.45, 2.75) is 39.9 Å². The quantitative estimate of drug-likeness (QED) is 0.628. The van der Waals surface area contributed by atoms with Gasteiger partial charge in [-0.15, -0.1) is 0 Å². The molecule has 1 aliphatic heterocycles. The molecule has 31 heavy (non-hydrogen) atoms. The Morgan fingerprint density at radius 2 is 2.06 bits per heavy atom. The van der Waals surface area contributed by atoms with Crippen molar-refractivity contribution in [3.63, 3.8) is 0 Å². The minimum atomic E-state index is -0.311. The number of anilines is 1. The van der Waals surface area contributed by atoms with E-state index in [2.05, 4.69) is 15.5 Å². The molecule has 0 unspecified atom stereocenters. The number of carbonyl (C=O) groups excluding carboxylic acids is 2. The molecule has 3 heterocycles. The molecule has 3 amide bonds. The van der Waals surface area contributed by atoms with Crippen LogP contribution in [-0.4, -0.2) is 39.6 Å². The van der Waals surface area contributed by atoms with Crippen LogP contribution in [0.1, 0.15) is 39.3 Å². The van der Waals surface area contributed by atoms with Crippen molar-refractivity contribution >= 4 is 28.4 Å². The van der Waals surface area contributed by atoms with Gasteiger partial charge in [0.2, 0.25) is 0 Å². The number of rotatable bonds is 6. The molecule has 0 radical (unpaired) electrons. The van der Waals surface area contributed by atoms with Crippen LogP contribution in [0.2, 0.25) is 0 Å². The van der Waals surface area contributed by atoms with Gasteiger partial charge in [0.25, 0.3) is 5.91 Å². The van der Waals surface area contributed by atoms with Crippen LogP contribution in [0.15, 0.2) is 34.9 Å². The summed E-state index contributed by atoms with van der Waals surface area (Å²) in [5.74, 6) is 0.0887. The number of amides is 3. The molecule has 1 aromatic carbocycles. The number of thiazole rings is 1. The van der Waals surface area contributed by atoms with Gasteiger partial charge < -0.3 is 14.7 Å². The van der Waals surface area contributed by atoms with Gasteiger partial charge in [-0.25, -0.2) is 14.2 Å². The zero-order valence-electron chi connectivity index (χ0n) is 17.4. The van der Waals surface area contributed by atoms with Crippen LogP contribution < -0.4 is 10.2 Å². The molecule has 1 N–H and O–H groups in total.